The summed E-state index contributed by atoms with van der Waals surface area (Å²) in [5.41, 5.74) is 7.94. The van der Waals surface area contributed by atoms with E-state index < -0.39 is 5.97 Å². The Labute approximate surface area is 185 Å². The summed E-state index contributed by atoms with van der Waals surface area (Å²) in [6.45, 7) is 19.6. The molecule has 1 atom stereocenters. The molecular weight excluding hydrogens is 390 g/mol. The number of hydrogen-bond donors (Lipinski definition) is 1. The first-order chi connectivity index (χ1) is 14.6. The second-order valence-corrected chi connectivity index (χ2v) is 7.70. The zero-order valence-electron chi connectivity index (χ0n) is 19.6. The van der Waals surface area contributed by atoms with Crippen LogP contribution in [0, 0.1) is 6.92 Å². The molecule has 0 amide bonds. The molecule has 2 rings (SSSR count). The number of nitrogens with one attached hydrogen (secondary N) is 1. The summed E-state index contributed by atoms with van der Waals surface area (Å²) in [5.74, 6) is 0.575. The maximum Gasteiger partial charge on any atom is 0.305 e. The van der Waals surface area contributed by atoms with E-state index in [2.05, 4.69) is 43.6 Å². The molecule has 0 radical (unpaired) electrons. The van der Waals surface area contributed by atoms with Gasteiger partial charge in [0.2, 0.25) is 6.79 Å². The van der Waals surface area contributed by atoms with Crippen molar-refractivity contribution in [3.8, 4) is 5.75 Å². The van der Waals surface area contributed by atoms with Crippen molar-refractivity contribution in [2.24, 2.45) is 0 Å². The van der Waals surface area contributed by atoms with Crippen LogP contribution < -0.4 is 10.1 Å². The lowest BCUT2D eigenvalue weighted by Gasteiger charge is -2.35. The number of aryl methyl sites for hydroxylation is 1. The molecule has 0 saturated heterocycles. The van der Waals surface area contributed by atoms with Crippen molar-refractivity contribution in [2.45, 2.75) is 47.5 Å². The molecule has 1 unspecified atom stereocenters. The Balaban J connectivity index is 2.73. The minimum absolute atomic E-state index is 0.199. The number of methoxy groups -OCH3 is 1. The predicted octanol–water partition coefficient (Wildman–Crippen LogP) is 5.81. The van der Waals surface area contributed by atoms with Crippen molar-refractivity contribution in [1.82, 2.24) is 5.32 Å². The van der Waals surface area contributed by atoms with Crippen LogP contribution in [0.5, 0.6) is 5.75 Å². The third-order valence-electron chi connectivity index (χ3n) is 5.35. The van der Waals surface area contributed by atoms with E-state index in [1.54, 1.807) is 7.11 Å². The Hall–Kier alpha value is -3.21. The van der Waals surface area contributed by atoms with Gasteiger partial charge in [-0.2, -0.15) is 0 Å². The van der Waals surface area contributed by atoms with Crippen molar-refractivity contribution in [3.63, 3.8) is 0 Å². The van der Waals surface area contributed by atoms with Crippen molar-refractivity contribution < 1.29 is 19.0 Å². The molecule has 166 valence electrons. The molecule has 31 heavy (non-hydrogen) atoms. The van der Waals surface area contributed by atoms with Crippen molar-refractivity contribution in [1.29, 1.82) is 0 Å². The second-order valence-electron chi connectivity index (χ2n) is 7.70. The molecule has 1 aromatic carbocycles. The summed E-state index contributed by atoms with van der Waals surface area (Å²) >= 11 is 0. The van der Waals surface area contributed by atoms with Crippen LogP contribution in [0.1, 0.15) is 51.7 Å². The normalized spacial score (nSPS) is 16.6. The monoisotopic (exact) mass is 423 g/mol. The zero-order chi connectivity index (χ0) is 23.3. The highest BCUT2D eigenvalue weighted by atomic mass is 16.7. The van der Waals surface area contributed by atoms with Crippen LogP contribution in [0.15, 0.2) is 76.9 Å². The molecule has 1 aliphatic heterocycles. The fourth-order valence-electron chi connectivity index (χ4n) is 3.74. The first kappa shape index (κ1) is 24.1. The van der Waals surface area contributed by atoms with Crippen LogP contribution in [0.3, 0.4) is 0 Å². The topological polar surface area (TPSA) is 56.8 Å². The van der Waals surface area contributed by atoms with Crippen LogP contribution >= 0.6 is 0 Å². The van der Waals surface area contributed by atoms with Crippen molar-refractivity contribution in [2.75, 3.05) is 13.9 Å². The molecule has 0 spiro atoms. The summed E-state index contributed by atoms with van der Waals surface area (Å²) in [5, 5.41) is 3.52. The molecule has 0 aliphatic carbocycles. The van der Waals surface area contributed by atoms with Crippen molar-refractivity contribution >= 4 is 5.97 Å². The Morgan fingerprint density at radius 3 is 2.35 bits per heavy atom. The number of ether oxygens (including phenoxy) is 3. The molecule has 0 bridgehead atoms. The number of esters is 1. The van der Waals surface area contributed by atoms with Gasteiger partial charge in [0.25, 0.3) is 0 Å². The lowest BCUT2D eigenvalue weighted by Crippen LogP contribution is -2.28. The van der Waals surface area contributed by atoms with Gasteiger partial charge >= 0.3 is 5.97 Å². The number of carbonyl (C=O) groups excluding carboxylic acids is 1. The van der Waals surface area contributed by atoms with E-state index in [0.29, 0.717) is 5.76 Å². The maximum absolute atomic E-state index is 11.2. The smallest absolute Gasteiger partial charge is 0.305 e. The van der Waals surface area contributed by atoms with E-state index in [0.717, 1.165) is 50.6 Å². The van der Waals surface area contributed by atoms with E-state index >= 15 is 0 Å². The quantitative estimate of drug-likeness (QED) is 0.325. The minimum atomic E-state index is -0.412. The summed E-state index contributed by atoms with van der Waals surface area (Å²) in [4.78, 5) is 11.2. The third kappa shape index (κ3) is 5.29. The van der Waals surface area contributed by atoms with Gasteiger partial charge in [0.15, 0.2) is 0 Å². The number of carbonyl (C=O) groups is 1. The average Bonchev–Trinajstić information content (AvgIpc) is 2.71. The van der Waals surface area contributed by atoms with E-state index in [4.69, 9.17) is 14.2 Å². The number of rotatable bonds is 8. The van der Waals surface area contributed by atoms with Gasteiger partial charge in [0.05, 0.1) is 7.11 Å². The molecule has 5 nitrogen and oxygen atoms in total. The molecule has 1 aliphatic rings. The fraction of sp³-hybridized carbons (Fsp3) is 0.346. The van der Waals surface area contributed by atoms with Crippen LogP contribution in [0.4, 0.5) is 0 Å². The second kappa shape index (κ2) is 10.2. The van der Waals surface area contributed by atoms with Gasteiger partial charge in [0.1, 0.15) is 11.5 Å². The van der Waals surface area contributed by atoms with Crippen molar-refractivity contribution in [3.05, 3.63) is 88.0 Å². The van der Waals surface area contributed by atoms with Gasteiger partial charge in [-0.25, -0.2) is 0 Å². The average molecular weight is 424 g/mol. The highest BCUT2D eigenvalue weighted by molar-refractivity contribution is 5.66. The zero-order valence-corrected chi connectivity index (χ0v) is 19.6. The van der Waals surface area contributed by atoms with E-state index in [9.17, 15) is 4.79 Å². The molecule has 0 aromatic heterocycles. The van der Waals surface area contributed by atoms with Gasteiger partial charge in [-0.1, -0.05) is 36.9 Å². The van der Waals surface area contributed by atoms with Gasteiger partial charge in [0, 0.05) is 35.4 Å². The molecule has 0 saturated carbocycles. The molecule has 1 N–H and O–H groups in total. The molecule has 0 fully saturated rings. The highest BCUT2D eigenvalue weighted by Crippen LogP contribution is 2.47. The fourth-order valence-corrected chi connectivity index (χ4v) is 3.74. The summed E-state index contributed by atoms with van der Waals surface area (Å²) in [7, 11) is 1.67. The molecule has 1 aromatic rings. The number of allylic oxidation sites excluding steroid dienone is 6. The number of benzene rings is 1. The Morgan fingerprint density at radius 1 is 1.13 bits per heavy atom. The molecule has 1 heterocycles. The Kier molecular flexibility index (Phi) is 7.92. The lowest BCUT2D eigenvalue weighted by atomic mass is 9.76. The number of hydrogen-bond acceptors (Lipinski definition) is 5. The van der Waals surface area contributed by atoms with Gasteiger partial charge in [-0.3, -0.25) is 4.79 Å². The summed E-state index contributed by atoms with van der Waals surface area (Å²) in [6, 6.07) is 6.15. The highest BCUT2D eigenvalue weighted by Gasteiger charge is 2.34. The largest absolute Gasteiger partial charge is 0.496 e. The van der Waals surface area contributed by atoms with Crippen LogP contribution in [0.2, 0.25) is 0 Å². The van der Waals surface area contributed by atoms with E-state index in [1.807, 2.05) is 33.8 Å². The Morgan fingerprint density at radius 2 is 1.81 bits per heavy atom. The van der Waals surface area contributed by atoms with Gasteiger partial charge < -0.3 is 19.5 Å². The Bertz CT molecular complexity index is 995. The summed E-state index contributed by atoms with van der Waals surface area (Å²) < 4.78 is 16.4. The first-order valence-corrected chi connectivity index (χ1v) is 10.2. The van der Waals surface area contributed by atoms with Crippen LogP contribution in [-0.4, -0.2) is 19.9 Å². The third-order valence-corrected chi connectivity index (χ3v) is 5.35. The maximum atomic E-state index is 11.2. The van der Waals surface area contributed by atoms with Crippen LogP contribution in [-0.2, 0) is 14.3 Å². The predicted molar refractivity (Wildman–Crippen MR) is 124 cm³/mol. The van der Waals surface area contributed by atoms with Gasteiger partial charge in [-0.05, 0) is 57.4 Å². The molecule has 5 heteroatoms. The van der Waals surface area contributed by atoms with Crippen LogP contribution in [0.25, 0.3) is 0 Å². The minimum Gasteiger partial charge on any atom is -0.496 e. The molecular formula is C26H33NO4. The first-order valence-electron chi connectivity index (χ1n) is 10.2. The van der Waals surface area contributed by atoms with E-state index in [-0.39, 0.29) is 12.7 Å². The SMILES string of the molecule is C=C(C)C1=C(/C(C)=C\C)NC(C)=C(C(=C)OCOC(C)=O)C1c1ccc(C)cc1OC. The lowest BCUT2D eigenvalue weighted by molar-refractivity contribution is -0.150. The number of dihydropyridines is 1. The van der Waals surface area contributed by atoms with Gasteiger partial charge in [-0.15, -0.1) is 0 Å². The summed E-state index contributed by atoms with van der Waals surface area (Å²) in [6.07, 6.45) is 2.07. The van der Waals surface area contributed by atoms with E-state index in [1.165, 1.54) is 6.92 Å². The standard InChI is InChI=1S/C26H33NO4/c1-10-17(5)26-23(15(2)3)25(21-12-11-16(4)13-22(21)29-9)24(18(6)27-26)19(7)30-14-31-20(8)28/h10-13,25,27H,2,7,14H2,1,3-6,8-9H3/b17-10-.